The van der Waals surface area contributed by atoms with Crippen LogP contribution < -0.4 is 5.32 Å². The fourth-order valence-electron chi connectivity index (χ4n) is 4.35. The average Bonchev–Trinajstić information content (AvgIpc) is 3.48. The van der Waals surface area contributed by atoms with E-state index in [4.69, 9.17) is 16.3 Å². The van der Waals surface area contributed by atoms with Gasteiger partial charge in [0.25, 0.3) is 5.91 Å². The summed E-state index contributed by atoms with van der Waals surface area (Å²) in [6.07, 6.45) is 1.20. The second-order valence-corrected chi connectivity index (χ2v) is 10.4. The van der Waals surface area contributed by atoms with Gasteiger partial charge in [-0.15, -0.1) is 11.3 Å². The van der Waals surface area contributed by atoms with Gasteiger partial charge >= 0.3 is 6.09 Å². The number of aryl methyl sites for hydroxylation is 2. The van der Waals surface area contributed by atoms with E-state index in [-0.39, 0.29) is 24.5 Å². The quantitative estimate of drug-likeness (QED) is 0.359. The standard InChI is InChI=1S/C25H25ClN6O3S/c1-14-9-16(11-18(26)10-14)13-35-25(34)32-7-5-17(6-8-32)24-27-15(2)22(36-24)23(33)28-19-3-4-20-21(12-19)30-31-29-20/h3-4,9-12,17H,5-8,13H2,1-2H3,(H,28,33)(H,29,30,31). The Kier molecular flexibility index (Phi) is 6.88. The first-order valence-corrected chi connectivity index (χ1v) is 12.8. The third-order valence-electron chi connectivity index (χ3n) is 6.16. The summed E-state index contributed by atoms with van der Waals surface area (Å²) in [5, 5.41) is 15.1. The molecule has 2 aromatic heterocycles. The molecule has 0 atom stereocenters. The number of fused-ring (bicyclic) bond motifs is 1. The number of nitrogens with zero attached hydrogens (tertiary/aromatic N) is 4. The largest absolute Gasteiger partial charge is 0.445 e. The molecule has 2 N–H and O–H groups in total. The minimum absolute atomic E-state index is 0.188. The van der Waals surface area contributed by atoms with Crippen LogP contribution in [0.4, 0.5) is 10.5 Å². The number of aromatic amines is 1. The minimum Gasteiger partial charge on any atom is -0.445 e. The van der Waals surface area contributed by atoms with Crippen molar-refractivity contribution in [3.05, 3.63) is 68.1 Å². The van der Waals surface area contributed by atoms with E-state index in [1.54, 1.807) is 29.2 Å². The van der Waals surface area contributed by atoms with Crippen molar-refractivity contribution in [1.29, 1.82) is 0 Å². The molecule has 1 aliphatic heterocycles. The van der Waals surface area contributed by atoms with Crippen molar-refractivity contribution in [1.82, 2.24) is 25.3 Å². The number of hydrogen-bond acceptors (Lipinski definition) is 7. The summed E-state index contributed by atoms with van der Waals surface area (Å²) in [7, 11) is 0. The second kappa shape index (κ2) is 10.2. The van der Waals surface area contributed by atoms with Crippen LogP contribution in [-0.2, 0) is 11.3 Å². The molecule has 2 amide bonds. The molecule has 11 heteroatoms. The van der Waals surface area contributed by atoms with E-state index in [1.807, 2.05) is 26.0 Å². The van der Waals surface area contributed by atoms with E-state index in [9.17, 15) is 9.59 Å². The molecule has 0 aliphatic carbocycles. The summed E-state index contributed by atoms with van der Waals surface area (Å²) in [6, 6.07) is 11.0. The number of carbonyl (C=O) groups excluding carboxylic acids is 2. The number of amides is 2. The van der Waals surface area contributed by atoms with Crippen LogP contribution >= 0.6 is 22.9 Å². The highest BCUT2D eigenvalue weighted by atomic mass is 35.5. The Balaban J connectivity index is 1.16. The molecular weight excluding hydrogens is 500 g/mol. The zero-order chi connectivity index (χ0) is 25.2. The third kappa shape index (κ3) is 5.34. The number of piperidine rings is 1. The topological polar surface area (TPSA) is 113 Å². The first-order valence-electron chi connectivity index (χ1n) is 11.6. The Morgan fingerprint density at radius 1 is 1.14 bits per heavy atom. The average molecular weight is 525 g/mol. The molecule has 0 radical (unpaired) electrons. The van der Waals surface area contributed by atoms with Crippen LogP contribution in [0.1, 0.15) is 50.3 Å². The van der Waals surface area contributed by atoms with E-state index < -0.39 is 0 Å². The normalized spacial score (nSPS) is 14.2. The maximum absolute atomic E-state index is 12.9. The molecule has 5 rings (SSSR count). The predicted molar refractivity (Wildman–Crippen MR) is 139 cm³/mol. The summed E-state index contributed by atoms with van der Waals surface area (Å²) >= 11 is 7.51. The summed E-state index contributed by atoms with van der Waals surface area (Å²) < 4.78 is 5.50. The number of nitrogens with one attached hydrogen (secondary N) is 2. The Hall–Kier alpha value is -3.50. The molecule has 9 nitrogen and oxygen atoms in total. The number of benzene rings is 2. The lowest BCUT2D eigenvalue weighted by Gasteiger charge is -2.30. The van der Waals surface area contributed by atoms with Crippen LogP contribution in [0, 0.1) is 13.8 Å². The highest BCUT2D eigenvalue weighted by molar-refractivity contribution is 7.14. The summed E-state index contributed by atoms with van der Waals surface area (Å²) in [5.74, 6) is -0.00211. The van der Waals surface area contributed by atoms with Gasteiger partial charge in [0.15, 0.2) is 0 Å². The fraction of sp³-hybridized carbons (Fsp3) is 0.320. The number of aromatic nitrogens is 4. The summed E-state index contributed by atoms with van der Waals surface area (Å²) in [4.78, 5) is 32.5. The fourth-order valence-corrected chi connectivity index (χ4v) is 5.79. The van der Waals surface area contributed by atoms with Crippen LogP contribution in [-0.4, -0.2) is 50.4 Å². The number of carbonyl (C=O) groups is 2. The van der Waals surface area contributed by atoms with Gasteiger partial charge < -0.3 is 15.0 Å². The van der Waals surface area contributed by atoms with Crippen molar-refractivity contribution >= 4 is 51.7 Å². The van der Waals surface area contributed by atoms with Gasteiger partial charge in [-0.3, -0.25) is 4.79 Å². The molecule has 3 heterocycles. The SMILES string of the molecule is Cc1cc(Cl)cc(COC(=O)N2CCC(c3nc(C)c(C(=O)Nc4ccc5n[nH]nc5c4)s3)CC2)c1. The van der Waals surface area contributed by atoms with Crippen molar-refractivity contribution in [2.24, 2.45) is 0 Å². The second-order valence-electron chi connectivity index (χ2n) is 8.90. The molecule has 0 unspecified atom stereocenters. The molecule has 1 aliphatic rings. The molecule has 36 heavy (non-hydrogen) atoms. The number of halogens is 1. The van der Waals surface area contributed by atoms with E-state index in [0.29, 0.717) is 39.9 Å². The van der Waals surface area contributed by atoms with Gasteiger partial charge in [-0.2, -0.15) is 15.4 Å². The first kappa shape index (κ1) is 24.2. The van der Waals surface area contributed by atoms with Gasteiger partial charge in [0, 0.05) is 29.7 Å². The molecule has 0 saturated carbocycles. The van der Waals surface area contributed by atoms with Gasteiger partial charge in [0.05, 0.1) is 10.7 Å². The Morgan fingerprint density at radius 3 is 2.69 bits per heavy atom. The number of H-pyrrole nitrogens is 1. The molecule has 0 bridgehead atoms. The Labute approximate surface area is 216 Å². The lowest BCUT2D eigenvalue weighted by molar-refractivity contribution is 0.0869. The number of likely N-dealkylation sites (tertiary alicyclic amines) is 1. The minimum atomic E-state index is -0.328. The number of anilines is 1. The maximum atomic E-state index is 12.9. The third-order valence-corrected chi connectivity index (χ3v) is 7.70. The van der Waals surface area contributed by atoms with E-state index >= 15 is 0 Å². The van der Waals surface area contributed by atoms with Crippen molar-refractivity contribution < 1.29 is 14.3 Å². The number of ether oxygens (including phenoxy) is 1. The number of rotatable bonds is 5. The van der Waals surface area contributed by atoms with E-state index in [1.165, 1.54) is 11.3 Å². The van der Waals surface area contributed by atoms with Crippen LogP contribution in [0.25, 0.3) is 11.0 Å². The van der Waals surface area contributed by atoms with Crippen molar-refractivity contribution in [3.8, 4) is 0 Å². The zero-order valence-electron chi connectivity index (χ0n) is 19.9. The lowest BCUT2D eigenvalue weighted by Crippen LogP contribution is -2.38. The smallest absolute Gasteiger partial charge is 0.410 e. The molecule has 2 aromatic carbocycles. The maximum Gasteiger partial charge on any atom is 0.410 e. The number of thiazole rings is 1. The predicted octanol–water partition coefficient (Wildman–Crippen LogP) is 5.45. The monoisotopic (exact) mass is 524 g/mol. The van der Waals surface area contributed by atoms with Crippen LogP contribution in [0.5, 0.6) is 0 Å². The highest BCUT2D eigenvalue weighted by Gasteiger charge is 2.28. The van der Waals surface area contributed by atoms with Gasteiger partial charge in [-0.25, -0.2) is 9.78 Å². The van der Waals surface area contributed by atoms with Gasteiger partial charge in [0.1, 0.15) is 22.5 Å². The first-order chi connectivity index (χ1) is 17.4. The Bertz CT molecular complexity index is 1410. The molecule has 1 fully saturated rings. The number of hydrogen-bond donors (Lipinski definition) is 2. The molecular formula is C25H25ClN6O3S. The van der Waals surface area contributed by atoms with Gasteiger partial charge in [-0.05, 0) is 68.1 Å². The highest BCUT2D eigenvalue weighted by Crippen LogP contribution is 2.33. The van der Waals surface area contributed by atoms with Gasteiger partial charge in [-0.1, -0.05) is 17.7 Å². The summed E-state index contributed by atoms with van der Waals surface area (Å²) in [6.45, 7) is 5.15. The molecule has 4 aromatic rings. The Morgan fingerprint density at radius 2 is 1.92 bits per heavy atom. The van der Waals surface area contributed by atoms with E-state index in [0.717, 1.165) is 34.5 Å². The molecule has 0 spiro atoms. The van der Waals surface area contributed by atoms with Gasteiger partial charge in [0.2, 0.25) is 0 Å². The van der Waals surface area contributed by atoms with Crippen LogP contribution in [0.15, 0.2) is 36.4 Å². The van der Waals surface area contributed by atoms with Crippen LogP contribution in [0.2, 0.25) is 5.02 Å². The van der Waals surface area contributed by atoms with Crippen molar-refractivity contribution in [3.63, 3.8) is 0 Å². The zero-order valence-corrected chi connectivity index (χ0v) is 21.4. The molecule has 1 saturated heterocycles. The molecule has 186 valence electrons. The van der Waals surface area contributed by atoms with Crippen LogP contribution in [0.3, 0.4) is 0 Å². The van der Waals surface area contributed by atoms with Crippen molar-refractivity contribution in [2.45, 2.75) is 39.2 Å². The van der Waals surface area contributed by atoms with E-state index in [2.05, 4.69) is 25.7 Å². The van der Waals surface area contributed by atoms with Crippen molar-refractivity contribution in [2.75, 3.05) is 18.4 Å². The summed E-state index contributed by atoms with van der Waals surface area (Å²) in [5.41, 5.74) is 4.66. The lowest BCUT2D eigenvalue weighted by atomic mass is 9.98.